The first-order valence-electron chi connectivity index (χ1n) is 8.50. The first-order chi connectivity index (χ1) is 13.1. The van der Waals surface area contributed by atoms with Crippen molar-refractivity contribution in [2.75, 3.05) is 0 Å². The number of primary amides is 1. The smallest absolute Gasteiger partial charge is 0.401 e. The Morgan fingerprint density at radius 2 is 1.59 bits per heavy atom. The minimum absolute atomic E-state index is 0.374. The van der Waals surface area contributed by atoms with E-state index in [1.807, 2.05) is 0 Å². The van der Waals surface area contributed by atoms with Crippen LogP contribution >= 0.6 is 0 Å². The van der Waals surface area contributed by atoms with Crippen LogP contribution in [0, 0.1) is 5.41 Å². The number of amides is 1. The quantitative estimate of drug-likeness (QED) is 0.282. The van der Waals surface area contributed by atoms with E-state index in [2.05, 4.69) is 4.99 Å². The summed E-state index contributed by atoms with van der Waals surface area (Å²) in [5.41, 5.74) is 13.7. The van der Waals surface area contributed by atoms with Gasteiger partial charge >= 0.3 is 12.4 Å². The predicted molar refractivity (Wildman–Crippen MR) is 94.2 cm³/mol. The number of allylic oxidation sites excluding steroid dienone is 1. The lowest BCUT2D eigenvalue weighted by Crippen LogP contribution is -2.32. The number of nitrogens with two attached hydrogens (primary N) is 3. The Morgan fingerprint density at radius 1 is 1.07 bits per heavy atom. The molecule has 11 heteroatoms. The molecule has 6 N–H and O–H groups in total. The van der Waals surface area contributed by atoms with Gasteiger partial charge in [0.2, 0.25) is 0 Å². The minimum atomic E-state index is -4.69. The van der Waals surface area contributed by atoms with Crippen LogP contribution in [0.15, 0.2) is 40.5 Å². The van der Waals surface area contributed by atoms with Gasteiger partial charge in [-0.2, -0.15) is 26.3 Å². The Kier molecular flexibility index (Phi) is 5.91. The molecule has 0 aliphatic heterocycles. The van der Waals surface area contributed by atoms with Gasteiger partial charge in [-0.3, -0.25) is 9.79 Å². The van der Waals surface area contributed by atoms with Gasteiger partial charge in [-0.1, -0.05) is 19.1 Å². The van der Waals surface area contributed by atoms with Gasteiger partial charge in [0.25, 0.3) is 5.91 Å². The third-order valence-electron chi connectivity index (χ3n) is 4.74. The molecule has 29 heavy (non-hydrogen) atoms. The summed E-state index contributed by atoms with van der Waals surface area (Å²) in [7, 11) is 0. The molecule has 0 saturated heterocycles. The summed E-state index contributed by atoms with van der Waals surface area (Å²) >= 11 is 0. The zero-order valence-corrected chi connectivity index (χ0v) is 15.4. The third-order valence-corrected chi connectivity index (χ3v) is 4.74. The average molecular weight is 422 g/mol. The minimum Gasteiger partial charge on any atom is -0.401 e. The number of nitrogens with zero attached hydrogens (tertiary/aromatic N) is 1. The fourth-order valence-electron chi connectivity index (χ4n) is 2.91. The maximum atomic E-state index is 12.8. The number of carbonyl (C=O) groups is 1. The van der Waals surface area contributed by atoms with E-state index in [9.17, 15) is 31.1 Å². The van der Waals surface area contributed by atoms with Crippen molar-refractivity contribution in [3.05, 3.63) is 46.7 Å². The number of halogens is 6. The van der Waals surface area contributed by atoms with Gasteiger partial charge in [-0.15, -0.1) is 0 Å². The lowest BCUT2D eigenvalue weighted by Gasteiger charge is -2.22. The van der Waals surface area contributed by atoms with Gasteiger partial charge < -0.3 is 17.2 Å². The Balaban J connectivity index is 2.46. The van der Waals surface area contributed by atoms with Crippen LogP contribution in [0.1, 0.15) is 43.4 Å². The van der Waals surface area contributed by atoms with E-state index in [-0.39, 0.29) is 0 Å². The molecule has 1 atom stereocenters. The van der Waals surface area contributed by atoms with Crippen LogP contribution < -0.4 is 17.2 Å². The van der Waals surface area contributed by atoms with Crippen molar-refractivity contribution < 1.29 is 31.1 Å². The van der Waals surface area contributed by atoms with Crippen molar-refractivity contribution in [1.29, 1.82) is 0 Å². The van der Waals surface area contributed by atoms with E-state index in [0.717, 1.165) is 12.1 Å². The van der Waals surface area contributed by atoms with E-state index >= 15 is 0 Å². The van der Waals surface area contributed by atoms with Crippen molar-refractivity contribution >= 4 is 11.7 Å². The Morgan fingerprint density at radius 3 is 1.97 bits per heavy atom. The summed E-state index contributed by atoms with van der Waals surface area (Å²) in [5, 5.41) is 0. The summed E-state index contributed by atoms with van der Waals surface area (Å²) < 4.78 is 76.2. The van der Waals surface area contributed by atoms with Crippen LogP contribution in [0.5, 0.6) is 0 Å². The number of hydrogen-bond donors (Lipinski definition) is 3. The molecule has 1 aromatic rings. The van der Waals surface area contributed by atoms with Crippen LogP contribution in [-0.4, -0.2) is 17.9 Å². The molecule has 0 spiro atoms. The number of amidine groups is 1. The molecule has 1 aliphatic carbocycles. The molecule has 1 unspecified atom stereocenters. The van der Waals surface area contributed by atoms with Crippen molar-refractivity contribution in [2.45, 2.75) is 44.6 Å². The van der Waals surface area contributed by atoms with Crippen LogP contribution in [0.4, 0.5) is 26.3 Å². The second-order valence-corrected chi connectivity index (χ2v) is 7.25. The largest absolute Gasteiger partial charge is 0.416 e. The maximum absolute atomic E-state index is 12.8. The van der Waals surface area contributed by atoms with Crippen LogP contribution in [0.2, 0.25) is 0 Å². The van der Waals surface area contributed by atoms with Crippen LogP contribution in [-0.2, 0) is 11.0 Å². The van der Waals surface area contributed by atoms with Crippen LogP contribution in [0.25, 0.3) is 0 Å². The Bertz CT molecular complexity index is 835. The number of benzene rings is 1. The second kappa shape index (κ2) is 7.60. The van der Waals surface area contributed by atoms with Crippen molar-refractivity contribution in [1.82, 2.24) is 0 Å². The number of carbonyl (C=O) groups excluding carboxylic acids is 1. The highest BCUT2D eigenvalue weighted by molar-refractivity contribution is 6.20. The third kappa shape index (κ3) is 5.64. The van der Waals surface area contributed by atoms with Crippen LogP contribution in [0.3, 0.4) is 0 Å². The summed E-state index contributed by atoms with van der Waals surface area (Å²) in [4.78, 5) is 15.8. The van der Waals surface area contributed by atoms with Gasteiger partial charge in [-0.25, -0.2) is 0 Å². The van der Waals surface area contributed by atoms with Crippen molar-refractivity contribution in [3.8, 4) is 0 Å². The standard InChI is InChI=1S/C18H20F6N4O/c1-16(6-7-16)13(9-2-4-10(5-3-9)18(22,23)24)28-14(26)12(15(27)29)11(25)8-17(19,20)21/h2-5,13H,6-8,25H2,1H3,(H2,26,28)(H2,27,29). The van der Waals surface area contributed by atoms with Gasteiger partial charge in [0.1, 0.15) is 5.84 Å². The summed E-state index contributed by atoms with van der Waals surface area (Å²) in [6.07, 6.45) is -9.48. The van der Waals surface area contributed by atoms with E-state index < -0.39 is 58.8 Å². The number of aliphatic imine (C=N–C) groups is 1. The van der Waals surface area contributed by atoms with Gasteiger partial charge in [0.15, 0.2) is 0 Å². The molecule has 0 bridgehead atoms. The van der Waals surface area contributed by atoms with E-state index in [1.165, 1.54) is 12.1 Å². The molecule has 1 aliphatic rings. The SMILES string of the molecule is CC1(C(N=C(N)C(C(N)=O)=C(N)CC(F)(F)F)c2ccc(C(F)(F)F)cc2)CC1. The van der Waals surface area contributed by atoms with E-state index in [4.69, 9.17) is 17.2 Å². The molecule has 0 radical (unpaired) electrons. The Labute approximate surface area is 162 Å². The molecular weight excluding hydrogens is 402 g/mol. The number of rotatable bonds is 6. The zero-order valence-electron chi connectivity index (χ0n) is 15.4. The summed E-state index contributed by atoms with van der Waals surface area (Å²) in [6.45, 7) is 1.80. The Hall–Kier alpha value is -2.72. The number of alkyl halides is 6. The molecule has 1 saturated carbocycles. The van der Waals surface area contributed by atoms with E-state index in [1.54, 1.807) is 6.92 Å². The van der Waals surface area contributed by atoms with Gasteiger partial charge in [-0.05, 0) is 36.0 Å². The molecule has 1 fully saturated rings. The van der Waals surface area contributed by atoms with E-state index in [0.29, 0.717) is 18.4 Å². The fraction of sp³-hybridized carbons (Fsp3) is 0.444. The second-order valence-electron chi connectivity index (χ2n) is 7.25. The predicted octanol–water partition coefficient (Wildman–Crippen LogP) is 3.55. The lowest BCUT2D eigenvalue weighted by molar-refractivity contribution is -0.137. The molecule has 1 aromatic carbocycles. The zero-order chi connectivity index (χ0) is 22.2. The summed E-state index contributed by atoms with van der Waals surface area (Å²) in [6, 6.07) is 3.42. The summed E-state index contributed by atoms with van der Waals surface area (Å²) in [5.74, 6) is -1.86. The van der Waals surface area contributed by atoms with Gasteiger partial charge in [0.05, 0.1) is 23.6 Å². The lowest BCUT2D eigenvalue weighted by atomic mass is 9.91. The molecule has 5 nitrogen and oxygen atoms in total. The highest BCUT2D eigenvalue weighted by atomic mass is 19.4. The first kappa shape index (κ1) is 22.6. The van der Waals surface area contributed by atoms with Gasteiger partial charge in [0, 0.05) is 5.70 Å². The highest BCUT2D eigenvalue weighted by Crippen LogP contribution is 2.56. The van der Waals surface area contributed by atoms with Crippen molar-refractivity contribution in [2.24, 2.45) is 27.6 Å². The first-order valence-corrected chi connectivity index (χ1v) is 8.50. The highest BCUT2D eigenvalue weighted by Gasteiger charge is 2.46. The molecule has 2 rings (SSSR count). The fourth-order valence-corrected chi connectivity index (χ4v) is 2.91. The maximum Gasteiger partial charge on any atom is 0.416 e. The normalized spacial score (nSPS) is 18.8. The van der Waals surface area contributed by atoms with Crippen molar-refractivity contribution in [3.63, 3.8) is 0 Å². The monoisotopic (exact) mass is 422 g/mol. The molecule has 0 aromatic heterocycles. The average Bonchev–Trinajstić information content (AvgIpc) is 3.28. The molecule has 0 heterocycles. The molecular formula is C18H20F6N4O. The molecule has 160 valence electrons. The topological polar surface area (TPSA) is 107 Å². The molecule has 1 amide bonds. The number of hydrogen-bond acceptors (Lipinski definition) is 3.